The monoisotopic (exact) mass is 284 g/mol. The van der Waals surface area contributed by atoms with Crippen molar-refractivity contribution in [3.63, 3.8) is 0 Å². The summed E-state index contributed by atoms with van der Waals surface area (Å²) in [5.41, 5.74) is 8.70. The van der Waals surface area contributed by atoms with Crippen LogP contribution in [-0.4, -0.2) is 11.9 Å². The van der Waals surface area contributed by atoms with Crippen LogP contribution in [-0.2, 0) is 11.2 Å². The Morgan fingerprint density at radius 2 is 1.90 bits per heavy atom. The summed E-state index contributed by atoms with van der Waals surface area (Å²) >= 11 is 0. The Kier molecular flexibility index (Phi) is 3.47. The average molecular weight is 284 g/mol. The number of halogens is 1. The molecule has 0 saturated carbocycles. The molecule has 3 rings (SSSR count). The molecule has 21 heavy (non-hydrogen) atoms. The summed E-state index contributed by atoms with van der Waals surface area (Å²) in [6.45, 7) is 2.09. The maximum absolute atomic E-state index is 13.4. The van der Waals surface area contributed by atoms with Gasteiger partial charge in [-0.1, -0.05) is 37.3 Å². The molecule has 0 bridgehead atoms. The van der Waals surface area contributed by atoms with Crippen molar-refractivity contribution in [3.05, 3.63) is 65.5 Å². The van der Waals surface area contributed by atoms with E-state index in [1.807, 2.05) is 24.3 Å². The Bertz CT molecular complexity index is 669. The van der Waals surface area contributed by atoms with Gasteiger partial charge in [0, 0.05) is 5.69 Å². The zero-order chi connectivity index (χ0) is 15.0. The molecule has 1 aliphatic heterocycles. The van der Waals surface area contributed by atoms with Crippen LogP contribution in [0, 0.1) is 5.82 Å². The van der Waals surface area contributed by atoms with Crippen molar-refractivity contribution >= 4 is 11.6 Å². The van der Waals surface area contributed by atoms with Crippen molar-refractivity contribution in [2.24, 2.45) is 5.73 Å². The van der Waals surface area contributed by atoms with E-state index in [-0.39, 0.29) is 17.8 Å². The Morgan fingerprint density at radius 3 is 2.52 bits per heavy atom. The first kappa shape index (κ1) is 13.8. The first-order valence-electron chi connectivity index (χ1n) is 7.05. The third-order valence-electron chi connectivity index (χ3n) is 3.96. The minimum atomic E-state index is -0.569. The van der Waals surface area contributed by atoms with Crippen LogP contribution in [0.4, 0.5) is 10.1 Å². The van der Waals surface area contributed by atoms with Gasteiger partial charge >= 0.3 is 0 Å². The number of rotatable bonds is 3. The lowest BCUT2D eigenvalue weighted by molar-refractivity contribution is -0.126. The minimum absolute atomic E-state index is 0.176. The zero-order valence-corrected chi connectivity index (χ0v) is 11.8. The van der Waals surface area contributed by atoms with E-state index in [4.69, 9.17) is 5.73 Å². The molecule has 1 saturated heterocycles. The quantitative estimate of drug-likeness (QED) is 0.881. The van der Waals surface area contributed by atoms with Crippen molar-refractivity contribution < 1.29 is 9.18 Å². The second kappa shape index (κ2) is 5.30. The second-order valence-corrected chi connectivity index (χ2v) is 5.25. The lowest BCUT2D eigenvalue weighted by Crippen LogP contribution is -2.63. The maximum atomic E-state index is 13.4. The van der Waals surface area contributed by atoms with Crippen LogP contribution in [0.2, 0.25) is 0 Å². The number of carbonyl (C=O) groups excluding carboxylic acids is 1. The lowest BCUT2D eigenvalue weighted by atomic mass is 9.88. The van der Waals surface area contributed by atoms with E-state index in [9.17, 15) is 9.18 Å². The summed E-state index contributed by atoms with van der Waals surface area (Å²) in [7, 11) is 0. The Balaban J connectivity index is 1.94. The third kappa shape index (κ3) is 2.32. The van der Waals surface area contributed by atoms with E-state index < -0.39 is 6.04 Å². The third-order valence-corrected chi connectivity index (χ3v) is 3.96. The van der Waals surface area contributed by atoms with Crippen LogP contribution in [0.3, 0.4) is 0 Å². The highest BCUT2D eigenvalue weighted by atomic mass is 19.1. The van der Waals surface area contributed by atoms with E-state index in [1.54, 1.807) is 17.0 Å². The number of benzene rings is 2. The molecular weight excluding hydrogens is 267 g/mol. The fourth-order valence-corrected chi connectivity index (χ4v) is 2.73. The standard InChI is InChI=1S/C17H17FN2O/c1-2-11-6-8-12(9-7-11)16-15(19)17(21)20(16)14-5-3-4-13(18)10-14/h3-10,15-16H,2,19H2,1H3/t15-,16-/m0/s1. The predicted octanol–water partition coefficient (Wildman–Crippen LogP) is 2.80. The van der Waals surface area contributed by atoms with Crippen LogP contribution in [0.25, 0.3) is 0 Å². The largest absolute Gasteiger partial charge is 0.318 e. The minimum Gasteiger partial charge on any atom is -0.318 e. The highest BCUT2D eigenvalue weighted by molar-refractivity contribution is 6.05. The molecule has 2 aromatic carbocycles. The number of nitrogens with zero attached hydrogens (tertiary/aromatic N) is 1. The molecule has 4 heteroatoms. The van der Waals surface area contributed by atoms with Crippen LogP contribution in [0.1, 0.15) is 24.1 Å². The van der Waals surface area contributed by atoms with Gasteiger partial charge in [-0.2, -0.15) is 0 Å². The van der Waals surface area contributed by atoms with Crippen LogP contribution in [0.15, 0.2) is 48.5 Å². The van der Waals surface area contributed by atoms with Gasteiger partial charge in [0.05, 0.1) is 6.04 Å². The summed E-state index contributed by atoms with van der Waals surface area (Å²) < 4.78 is 13.4. The number of hydrogen-bond donors (Lipinski definition) is 1. The molecule has 108 valence electrons. The van der Waals surface area contributed by atoms with Gasteiger partial charge in [-0.25, -0.2) is 4.39 Å². The number of aryl methyl sites for hydroxylation is 1. The Morgan fingerprint density at radius 1 is 1.19 bits per heavy atom. The molecule has 2 aromatic rings. The Hall–Kier alpha value is -2.20. The van der Waals surface area contributed by atoms with Crippen molar-refractivity contribution in [1.82, 2.24) is 0 Å². The fourth-order valence-electron chi connectivity index (χ4n) is 2.73. The van der Waals surface area contributed by atoms with Crippen molar-refractivity contribution in [3.8, 4) is 0 Å². The fraction of sp³-hybridized carbons (Fsp3) is 0.235. The first-order valence-corrected chi connectivity index (χ1v) is 7.05. The van der Waals surface area contributed by atoms with Gasteiger partial charge < -0.3 is 10.6 Å². The van der Waals surface area contributed by atoms with E-state index >= 15 is 0 Å². The van der Waals surface area contributed by atoms with Crippen molar-refractivity contribution in [2.75, 3.05) is 4.90 Å². The van der Waals surface area contributed by atoms with Gasteiger partial charge in [-0.3, -0.25) is 4.79 Å². The number of amides is 1. The summed E-state index contributed by atoms with van der Waals surface area (Å²) in [5.74, 6) is -0.536. The van der Waals surface area contributed by atoms with Crippen LogP contribution in [0.5, 0.6) is 0 Å². The molecule has 1 aliphatic rings. The molecular formula is C17H17FN2O. The number of β-lactam (4-membered cyclic amide) rings is 1. The van der Waals surface area contributed by atoms with Gasteiger partial charge in [-0.15, -0.1) is 0 Å². The molecule has 0 radical (unpaired) electrons. The number of carbonyl (C=O) groups is 1. The van der Waals surface area contributed by atoms with E-state index in [0.717, 1.165) is 12.0 Å². The van der Waals surface area contributed by atoms with Gasteiger partial charge in [0.25, 0.3) is 0 Å². The molecule has 1 amide bonds. The first-order chi connectivity index (χ1) is 10.1. The Labute approximate surface area is 123 Å². The molecule has 3 nitrogen and oxygen atoms in total. The maximum Gasteiger partial charge on any atom is 0.247 e. The molecule has 0 spiro atoms. The molecule has 2 N–H and O–H groups in total. The number of anilines is 1. The van der Waals surface area contributed by atoms with Gasteiger partial charge in [0.15, 0.2) is 0 Å². The lowest BCUT2D eigenvalue weighted by Gasteiger charge is -2.45. The summed E-state index contributed by atoms with van der Waals surface area (Å²) in [6, 6.07) is 13.3. The SMILES string of the molecule is CCc1ccc([C@H]2[C@H](N)C(=O)N2c2cccc(F)c2)cc1. The molecule has 1 heterocycles. The summed E-state index contributed by atoms with van der Waals surface area (Å²) in [5, 5.41) is 0. The smallest absolute Gasteiger partial charge is 0.247 e. The summed E-state index contributed by atoms with van der Waals surface area (Å²) in [6.07, 6.45) is 0.962. The summed E-state index contributed by atoms with van der Waals surface area (Å²) in [4.78, 5) is 13.6. The molecule has 0 unspecified atom stereocenters. The molecule has 0 aliphatic carbocycles. The van der Waals surface area contributed by atoms with Crippen LogP contribution < -0.4 is 10.6 Å². The van der Waals surface area contributed by atoms with Gasteiger partial charge in [0.1, 0.15) is 11.9 Å². The van der Waals surface area contributed by atoms with E-state index in [1.165, 1.54) is 17.7 Å². The van der Waals surface area contributed by atoms with Crippen molar-refractivity contribution in [2.45, 2.75) is 25.4 Å². The van der Waals surface area contributed by atoms with E-state index in [2.05, 4.69) is 6.92 Å². The van der Waals surface area contributed by atoms with Gasteiger partial charge in [0.2, 0.25) is 5.91 Å². The average Bonchev–Trinajstić information content (AvgIpc) is 2.51. The zero-order valence-electron chi connectivity index (χ0n) is 11.8. The van der Waals surface area contributed by atoms with Crippen LogP contribution >= 0.6 is 0 Å². The van der Waals surface area contributed by atoms with Crippen molar-refractivity contribution in [1.29, 1.82) is 0 Å². The topological polar surface area (TPSA) is 46.3 Å². The second-order valence-electron chi connectivity index (χ2n) is 5.25. The van der Waals surface area contributed by atoms with Gasteiger partial charge in [-0.05, 0) is 35.7 Å². The molecule has 1 fully saturated rings. The molecule has 0 aromatic heterocycles. The molecule has 2 atom stereocenters. The highest BCUT2D eigenvalue weighted by Crippen LogP contribution is 2.38. The predicted molar refractivity (Wildman–Crippen MR) is 80.4 cm³/mol. The normalized spacial score (nSPS) is 21.3. The highest BCUT2D eigenvalue weighted by Gasteiger charge is 2.46. The van der Waals surface area contributed by atoms with E-state index in [0.29, 0.717) is 5.69 Å². The number of hydrogen-bond acceptors (Lipinski definition) is 2. The number of nitrogens with two attached hydrogens (primary N) is 1.